The van der Waals surface area contributed by atoms with Crippen molar-refractivity contribution in [3.63, 3.8) is 0 Å². The zero-order valence-electron chi connectivity index (χ0n) is 63.0. The molecule has 0 aliphatic rings. The average molecular weight is 2030 g/mol. The minimum Gasteiger partial charge on any atom is -0.325 e. The molecular formula is C70H45Cl13F4N34O8. The Kier molecular flexibility index (Phi) is 37.7. The van der Waals surface area contributed by atoms with Gasteiger partial charge in [-0.15, -0.1) is 5.10 Å². The van der Waals surface area contributed by atoms with Gasteiger partial charge >= 0.3 is 6.08 Å². The van der Waals surface area contributed by atoms with Crippen LogP contribution in [0.25, 0.3) is 0 Å². The fraction of sp³-hybridized carbons (Fsp3) is 0. The Balaban J connectivity index is 0.000000166. The van der Waals surface area contributed by atoms with Gasteiger partial charge in [0.2, 0.25) is 29.5 Å². The van der Waals surface area contributed by atoms with Gasteiger partial charge in [0.25, 0.3) is 47.3 Å². The van der Waals surface area contributed by atoms with Crippen LogP contribution in [0.15, 0.2) is 178 Å². The topological polar surface area (TPSA) is 591 Å². The number of pyridine rings is 8. The Bertz CT molecular complexity index is 5730. The molecule has 0 saturated heterocycles. The van der Waals surface area contributed by atoms with Crippen molar-refractivity contribution >= 4 is 244 Å². The lowest BCUT2D eigenvalue weighted by molar-refractivity contribution is 0.100. The van der Waals surface area contributed by atoms with Crippen LogP contribution in [0, 0.1) is 23.9 Å². The first-order valence-electron chi connectivity index (χ1n) is 34.1. The van der Waals surface area contributed by atoms with Crippen LogP contribution in [0.1, 0.15) is 85.0 Å². The molecule has 0 bridgehead atoms. The second-order valence-electron chi connectivity index (χ2n) is 23.1. The number of amides is 8. The maximum absolute atomic E-state index is 12.8. The maximum Gasteiger partial charge on any atom is 0.305 e. The highest BCUT2D eigenvalue weighted by atomic mass is 35.5. The van der Waals surface area contributed by atoms with E-state index in [1.807, 2.05) is 5.10 Å². The molecule has 16 heterocycles. The predicted molar refractivity (Wildman–Crippen MR) is 467 cm³/mol. The second kappa shape index (κ2) is 49.2. The summed E-state index contributed by atoms with van der Waals surface area (Å²) >= 11 is 72.5. The number of hydrogen-bond acceptors (Lipinski definition) is 26. The number of hydrogen-bond donors (Lipinski definition) is 16. The van der Waals surface area contributed by atoms with Crippen LogP contribution in [-0.4, -0.2) is 177 Å². The van der Waals surface area contributed by atoms with Gasteiger partial charge in [0.1, 0.15) is 63.0 Å². The molecule has 0 aliphatic carbocycles. The predicted octanol–water partition coefficient (Wildman–Crippen LogP) is 16.3. The van der Waals surface area contributed by atoms with E-state index >= 15 is 0 Å². The van der Waals surface area contributed by atoms with Gasteiger partial charge in [-0.3, -0.25) is 43.5 Å². The summed E-state index contributed by atoms with van der Waals surface area (Å²) in [6, 6.07) is 25.1. The van der Waals surface area contributed by atoms with E-state index in [-0.39, 0.29) is 68.0 Å². The smallest absolute Gasteiger partial charge is 0.305 e. The number of H-pyrrole nitrogens is 8. The van der Waals surface area contributed by atoms with E-state index in [1.54, 1.807) is 72.8 Å². The van der Waals surface area contributed by atoms with Crippen molar-refractivity contribution in [2.24, 2.45) is 0 Å². The molecule has 16 aromatic rings. The lowest BCUT2D eigenvalue weighted by Crippen LogP contribution is -2.13. The number of aromatic nitrogens is 26. The number of halogens is 17. The van der Waals surface area contributed by atoms with Crippen molar-refractivity contribution in [2.75, 3.05) is 42.5 Å². The monoisotopic (exact) mass is 2020 g/mol. The molecule has 42 nitrogen and oxygen atoms in total. The van der Waals surface area contributed by atoms with Crippen LogP contribution in [0.4, 0.5) is 63.1 Å². The van der Waals surface area contributed by atoms with Gasteiger partial charge in [-0.05, 0) is 97.1 Å². The summed E-state index contributed by atoms with van der Waals surface area (Å²) in [6.07, 6.45) is 16.2. The lowest BCUT2D eigenvalue weighted by atomic mass is 10.4. The van der Waals surface area contributed by atoms with Gasteiger partial charge < -0.3 is 72.4 Å². The largest absolute Gasteiger partial charge is 0.325 e. The summed E-state index contributed by atoms with van der Waals surface area (Å²) in [5.41, 5.74) is 3.82. The Morgan fingerprint density at radius 3 is 0.744 bits per heavy atom. The van der Waals surface area contributed by atoms with Gasteiger partial charge in [0.15, 0.2) is 45.3 Å². The van der Waals surface area contributed by atoms with Gasteiger partial charge in [-0.25, -0.2) is 79.9 Å². The fourth-order valence-electron chi connectivity index (χ4n) is 8.31. The van der Waals surface area contributed by atoms with Crippen LogP contribution in [0.3, 0.4) is 0 Å². The Morgan fingerprint density at radius 2 is 0.527 bits per heavy atom. The van der Waals surface area contributed by atoms with Crippen molar-refractivity contribution in [3.8, 4) is 0 Å². The van der Waals surface area contributed by atoms with Crippen molar-refractivity contribution in [2.45, 2.75) is 0 Å². The van der Waals surface area contributed by atoms with Gasteiger partial charge in [0.05, 0.1) is 120 Å². The molecule has 662 valence electrons. The van der Waals surface area contributed by atoms with E-state index in [1.165, 1.54) is 92.6 Å². The molecule has 0 atom stereocenters. The highest BCUT2D eigenvalue weighted by Crippen LogP contribution is 2.22. The molecule has 59 heteroatoms. The fourth-order valence-corrected chi connectivity index (χ4v) is 9.88. The minimum absolute atomic E-state index is 0.0231. The molecule has 0 aromatic carbocycles. The van der Waals surface area contributed by atoms with Crippen LogP contribution in [0.5, 0.6) is 0 Å². The third-order valence-corrected chi connectivity index (χ3v) is 16.9. The summed E-state index contributed by atoms with van der Waals surface area (Å²) in [5.74, 6) is -6.45. The van der Waals surface area contributed by atoms with E-state index < -0.39 is 65.3 Å². The quantitative estimate of drug-likeness (QED) is 0.0315. The zero-order chi connectivity index (χ0) is 93.2. The Labute approximate surface area is 781 Å². The summed E-state index contributed by atoms with van der Waals surface area (Å²) in [6.45, 7) is 0. The van der Waals surface area contributed by atoms with Gasteiger partial charge in [0, 0.05) is 0 Å². The van der Waals surface area contributed by atoms with Gasteiger partial charge in [-0.1, -0.05) is 151 Å². The zero-order valence-corrected chi connectivity index (χ0v) is 72.8. The molecule has 16 aromatic heterocycles. The normalized spacial score (nSPS) is 10.1. The number of imidazole rings is 6. The number of carbonyl (C=O) groups is 8. The molecule has 16 N–H and O–H groups in total. The number of rotatable bonds is 16. The molecule has 8 amide bonds. The van der Waals surface area contributed by atoms with Gasteiger partial charge in [-0.2, -0.15) is 27.6 Å². The Morgan fingerprint density at radius 1 is 0.256 bits per heavy atom. The van der Waals surface area contributed by atoms with E-state index in [4.69, 9.17) is 151 Å². The molecule has 0 saturated carbocycles. The van der Waals surface area contributed by atoms with Crippen LogP contribution in [-0.2, 0) is 0 Å². The highest BCUT2D eigenvalue weighted by molar-refractivity contribution is 6.41. The summed E-state index contributed by atoms with van der Waals surface area (Å²) in [4.78, 5) is 166. The SMILES string of the molecule is O=C(Nc1ccc(Cl)nc1)c1n[nH]c(F)n1.O=C(Nc1ccc(Cl)nc1)c1nc(Cl)c(Cl)[nH]1.O=C(Nc1ccc(Cl)nc1)c1nc(Cl)c(F)[nH]1.O=C(Nc1ccc(Cl)nc1)c1ncc(Cl)[nH]1.O=C(Nc1ccc(Cl)nc1)c1ncc(Cl)[nH]1.O=C(Nc1ccc(Cl)nc1)c1ncc(F)[nH]1.O=C(Nc1ccc(Cl)nc1)c1ncc(F)[nH]1.O=C(Nc1ccc(Cl)nc1)c1ncn[nH]1. The van der Waals surface area contributed by atoms with Crippen LogP contribution < -0.4 is 42.5 Å². The average Bonchev–Trinajstić information content (AvgIpc) is 1.73. The Hall–Kier alpha value is -14.0. The molecule has 16 rings (SSSR count). The highest BCUT2D eigenvalue weighted by Gasteiger charge is 2.20. The summed E-state index contributed by atoms with van der Waals surface area (Å²) < 4.78 is 50.4. The standard InChI is InChI=1S/C9H5Cl3N4O.C9H5Cl2FN4O.2C9H6Cl2N4O.2C9H6ClFN4O.C8H5ClFN5O.C8H6ClN5O/c2*10-5-2-1-4(3-13-5)14-9(17)8-15-6(11)7(12)16-8;4*10-6-2-1-5(3-12-6)14-9(16)8-13-4-7(11)15-8;9-5-2-1-4(3-11-5)12-7(16)6-13-8(10)15-14-6;9-6-2-1-5(3-10-6)13-8(15)7-11-4-12-14-7/h2*1-3H,(H,14,17)(H,15,16);4*1-4H,(H,13,15)(H,14,16);1-3H,(H,12,16)(H,13,14,15);1-4H,(H,13,15)(H,11,12,14). The molecule has 0 spiro atoms. The molecule has 0 radical (unpaired) electrons. The molecule has 129 heavy (non-hydrogen) atoms. The van der Waals surface area contributed by atoms with E-state index in [9.17, 15) is 55.9 Å². The minimum atomic E-state index is -0.917. The number of nitrogens with zero attached hydrogens (tertiary/aromatic N) is 18. The van der Waals surface area contributed by atoms with Crippen LogP contribution in [0.2, 0.25) is 67.0 Å². The van der Waals surface area contributed by atoms with Crippen molar-refractivity contribution < 1.29 is 55.9 Å². The second-order valence-corrected chi connectivity index (χ2v) is 28.1. The summed E-state index contributed by atoms with van der Waals surface area (Å²) in [7, 11) is 0. The van der Waals surface area contributed by atoms with E-state index in [0.717, 1.165) is 12.4 Å². The number of anilines is 8. The van der Waals surface area contributed by atoms with Crippen molar-refractivity contribution in [1.82, 2.24) is 130 Å². The van der Waals surface area contributed by atoms with Crippen molar-refractivity contribution in [1.29, 1.82) is 0 Å². The number of aromatic amines is 8. The third kappa shape index (κ3) is 33.7. The molecular weight excluding hydrogens is 1980 g/mol. The summed E-state index contributed by atoms with van der Waals surface area (Å²) in [5, 5.41) is 34.5. The number of nitrogens with one attached hydrogen (secondary N) is 16. The molecule has 0 fully saturated rings. The first kappa shape index (κ1) is 98.8. The van der Waals surface area contributed by atoms with E-state index in [0.29, 0.717) is 97.0 Å². The third-order valence-electron chi connectivity index (χ3n) is 13.9. The first-order valence-corrected chi connectivity index (χ1v) is 39.0. The van der Waals surface area contributed by atoms with Crippen LogP contribution >= 0.6 is 151 Å². The first-order chi connectivity index (χ1) is 61.6. The lowest BCUT2D eigenvalue weighted by Gasteiger charge is -2.01. The van der Waals surface area contributed by atoms with Crippen molar-refractivity contribution in [3.05, 3.63) is 315 Å². The number of carbonyl (C=O) groups excluding carboxylic acids is 8. The molecule has 0 unspecified atom stereocenters. The molecule has 0 aliphatic heterocycles. The van der Waals surface area contributed by atoms with E-state index in [2.05, 4.69) is 167 Å². The maximum atomic E-state index is 12.8.